The first-order valence-corrected chi connectivity index (χ1v) is 17.5. The summed E-state index contributed by atoms with van der Waals surface area (Å²) in [6.45, 7) is 2.44. The molecule has 2 aliphatic rings. The lowest BCUT2D eigenvalue weighted by Crippen LogP contribution is -2.32. The van der Waals surface area contributed by atoms with Gasteiger partial charge in [0.15, 0.2) is 0 Å². The molecule has 9 aromatic rings. The summed E-state index contributed by atoms with van der Waals surface area (Å²) in [6.07, 6.45) is 0. The summed E-state index contributed by atoms with van der Waals surface area (Å²) in [4.78, 5) is 2.56. The Balaban J connectivity index is 1.28. The Morgan fingerprint density at radius 2 is 1.10 bits per heavy atom. The van der Waals surface area contributed by atoms with Crippen LogP contribution in [0.2, 0.25) is 0 Å². The van der Waals surface area contributed by atoms with Gasteiger partial charge in [-0.05, 0) is 87.5 Å². The molecule has 0 bridgehead atoms. The third kappa shape index (κ3) is 3.52. The number of fused-ring (bicyclic) bond motifs is 9. The first-order valence-electron chi connectivity index (χ1n) is 17.5. The van der Waals surface area contributed by atoms with E-state index in [1.54, 1.807) is 0 Å². The van der Waals surface area contributed by atoms with Crippen LogP contribution in [0.15, 0.2) is 176 Å². The summed E-state index contributed by atoms with van der Waals surface area (Å²) in [5.74, 6) is 0. The number of para-hydroxylation sites is 2. The van der Waals surface area contributed by atoms with E-state index >= 15 is 0 Å². The van der Waals surface area contributed by atoms with E-state index in [2.05, 4.69) is 192 Å². The molecule has 234 valence electrons. The van der Waals surface area contributed by atoms with Crippen LogP contribution < -0.4 is 4.90 Å². The fraction of sp³-hybridized carbons (Fsp3) is 0.0417. The molecule has 1 aliphatic heterocycles. The van der Waals surface area contributed by atoms with Crippen LogP contribution in [-0.2, 0) is 5.41 Å². The Hall–Kier alpha value is -6.38. The third-order valence-corrected chi connectivity index (χ3v) is 11.3. The van der Waals surface area contributed by atoms with Gasteiger partial charge in [-0.2, -0.15) is 0 Å². The van der Waals surface area contributed by atoms with Gasteiger partial charge in [0.1, 0.15) is 0 Å². The van der Waals surface area contributed by atoms with Crippen molar-refractivity contribution in [2.45, 2.75) is 12.3 Å². The largest absolute Gasteiger partial charge is 0.309 e. The van der Waals surface area contributed by atoms with Gasteiger partial charge in [-0.15, -0.1) is 0 Å². The minimum atomic E-state index is -0.308. The Bertz CT molecular complexity index is 2790. The maximum Gasteiger partial charge on any atom is 0.0546 e. The van der Waals surface area contributed by atoms with Crippen LogP contribution in [-0.4, -0.2) is 4.57 Å². The van der Waals surface area contributed by atoms with Gasteiger partial charge < -0.3 is 9.47 Å². The van der Waals surface area contributed by atoms with Crippen LogP contribution in [0.3, 0.4) is 0 Å². The highest BCUT2D eigenvalue weighted by Crippen LogP contribution is 2.63. The van der Waals surface area contributed by atoms with Crippen molar-refractivity contribution in [3.05, 3.63) is 193 Å². The molecule has 0 amide bonds. The van der Waals surface area contributed by atoms with Crippen LogP contribution in [0.1, 0.15) is 23.6 Å². The van der Waals surface area contributed by atoms with Gasteiger partial charge in [-0.25, -0.2) is 0 Å². The van der Waals surface area contributed by atoms with Gasteiger partial charge in [0.2, 0.25) is 0 Å². The van der Waals surface area contributed by atoms with E-state index in [0.717, 1.165) is 5.69 Å². The molecule has 8 aromatic carbocycles. The first-order chi connectivity index (χ1) is 24.7. The molecular weight excluding hydrogens is 605 g/mol. The van der Waals surface area contributed by atoms with Gasteiger partial charge in [0, 0.05) is 27.4 Å². The molecule has 2 heteroatoms. The molecule has 1 aliphatic carbocycles. The molecule has 50 heavy (non-hydrogen) atoms. The van der Waals surface area contributed by atoms with E-state index in [1.165, 1.54) is 88.6 Å². The third-order valence-electron chi connectivity index (χ3n) is 11.3. The maximum absolute atomic E-state index is 2.56. The SMILES string of the molecule is CC12c3ccccc3-c3cccc(c31)N(c1ccc3ccccc3c1-c1ccccc1)c1cc(-n3c4ccccc4c4ccccc43)ccc12. The van der Waals surface area contributed by atoms with Gasteiger partial charge in [0.05, 0.1) is 28.1 Å². The highest BCUT2D eigenvalue weighted by molar-refractivity contribution is 6.10. The Labute approximate surface area is 291 Å². The predicted molar refractivity (Wildman–Crippen MR) is 209 cm³/mol. The maximum atomic E-state index is 2.56. The van der Waals surface area contributed by atoms with Crippen LogP contribution in [0, 0.1) is 0 Å². The summed E-state index contributed by atoms with van der Waals surface area (Å²) in [7, 11) is 0. The normalized spacial score (nSPS) is 15.7. The summed E-state index contributed by atoms with van der Waals surface area (Å²) in [5.41, 5.74) is 16.1. The Kier molecular flexibility index (Phi) is 5.55. The molecule has 1 aromatic heterocycles. The lowest BCUT2D eigenvalue weighted by molar-refractivity contribution is 0.702. The molecule has 0 radical (unpaired) electrons. The zero-order valence-corrected chi connectivity index (χ0v) is 27.6. The zero-order valence-electron chi connectivity index (χ0n) is 27.6. The van der Waals surface area contributed by atoms with Crippen molar-refractivity contribution in [2.24, 2.45) is 0 Å². The lowest BCUT2D eigenvalue weighted by atomic mass is 9.70. The Morgan fingerprint density at radius 3 is 1.90 bits per heavy atom. The number of nitrogens with zero attached hydrogens (tertiary/aromatic N) is 2. The number of anilines is 3. The molecule has 1 atom stereocenters. The van der Waals surface area contributed by atoms with Gasteiger partial charge in [0.25, 0.3) is 0 Å². The van der Waals surface area contributed by atoms with E-state index in [9.17, 15) is 0 Å². The van der Waals surface area contributed by atoms with E-state index in [0.29, 0.717) is 0 Å². The Morgan fingerprint density at radius 1 is 0.440 bits per heavy atom. The molecule has 11 rings (SSSR count). The second kappa shape index (κ2) is 10.1. The van der Waals surface area contributed by atoms with E-state index in [1.807, 2.05) is 0 Å². The van der Waals surface area contributed by atoms with Crippen molar-refractivity contribution >= 4 is 49.6 Å². The molecule has 0 spiro atoms. The fourth-order valence-corrected chi connectivity index (χ4v) is 9.26. The van der Waals surface area contributed by atoms with Crippen molar-refractivity contribution in [3.8, 4) is 27.9 Å². The van der Waals surface area contributed by atoms with Crippen LogP contribution in [0.4, 0.5) is 17.1 Å². The van der Waals surface area contributed by atoms with E-state index < -0.39 is 0 Å². The summed E-state index contributed by atoms with van der Waals surface area (Å²) >= 11 is 0. The summed E-state index contributed by atoms with van der Waals surface area (Å²) in [5, 5.41) is 5.03. The van der Waals surface area contributed by atoms with Gasteiger partial charge in [-0.3, -0.25) is 0 Å². The molecular formula is C48H32N2. The molecule has 1 unspecified atom stereocenters. The summed E-state index contributed by atoms with van der Waals surface area (Å²) in [6, 6.07) is 65.0. The van der Waals surface area contributed by atoms with E-state index in [4.69, 9.17) is 0 Å². The lowest BCUT2D eigenvalue weighted by Gasteiger charge is -2.43. The van der Waals surface area contributed by atoms with Crippen LogP contribution >= 0.6 is 0 Å². The number of rotatable bonds is 3. The number of hydrogen-bond donors (Lipinski definition) is 0. The quantitative estimate of drug-likeness (QED) is 0.187. The van der Waals surface area contributed by atoms with E-state index in [-0.39, 0.29) is 5.41 Å². The predicted octanol–water partition coefficient (Wildman–Crippen LogP) is 12.7. The molecule has 0 saturated heterocycles. The molecule has 2 nitrogen and oxygen atoms in total. The molecule has 2 heterocycles. The second-order valence-corrected chi connectivity index (χ2v) is 13.8. The van der Waals surface area contributed by atoms with Crippen molar-refractivity contribution in [1.82, 2.24) is 4.57 Å². The van der Waals surface area contributed by atoms with Gasteiger partial charge in [-0.1, -0.05) is 140 Å². The standard InChI is InChI=1S/C48H32N2/c1-48-39-22-10-7-18-35(39)38-21-13-25-44(47(38)48)50(43-29-26-31-14-5-6-17-34(31)46(43)32-15-3-2-4-16-32)45-30-33(27-28-40(45)48)49-41-23-11-8-19-36(41)37-20-9-12-24-42(37)49/h2-30H,1H3. The number of benzene rings is 8. The highest BCUT2D eigenvalue weighted by atomic mass is 15.2. The molecule has 0 fully saturated rings. The smallest absolute Gasteiger partial charge is 0.0546 e. The average molecular weight is 637 g/mol. The first kappa shape index (κ1) is 27.6. The monoisotopic (exact) mass is 636 g/mol. The molecule has 0 saturated carbocycles. The average Bonchev–Trinajstić information content (AvgIpc) is 3.66. The minimum Gasteiger partial charge on any atom is -0.309 e. The minimum absolute atomic E-state index is 0.308. The zero-order chi connectivity index (χ0) is 33.0. The van der Waals surface area contributed by atoms with Crippen molar-refractivity contribution in [2.75, 3.05) is 4.90 Å². The number of aromatic nitrogens is 1. The topological polar surface area (TPSA) is 8.17 Å². The summed E-state index contributed by atoms with van der Waals surface area (Å²) < 4.78 is 2.44. The van der Waals surface area contributed by atoms with Crippen LogP contribution in [0.25, 0.3) is 60.5 Å². The second-order valence-electron chi connectivity index (χ2n) is 13.8. The van der Waals surface area contributed by atoms with Crippen molar-refractivity contribution in [1.29, 1.82) is 0 Å². The van der Waals surface area contributed by atoms with Gasteiger partial charge >= 0.3 is 0 Å². The number of hydrogen-bond acceptors (Lipinski definition) is 1. The van der Waals surface area contributed by atoms with Crippen molar-refractivity contribution < 1.29 is 0 Å². The highest BCUT2D eigenvalue weighted by Gasteiger charge is 2.48. The van der Waals surface area contributed by atoms with Crippen LogP contribution in [0.5, 0.6) is 0 Å². The fourth-order valence-electron chi connectivity index (χ4n) is 9.26. The van der Waals surface area contributed by atoms with Crippen molar-refractivity contribution in [3.63, 3.8) is 0 Å². The molecule has 0 N–H and O–H groups in total.